The number of hydrogen-bond acceptors (Lipinski definition) is 3. The first-order chi connectivity index (χ1) is 11.1. The summed E-state index contributed by atoms with van der Waals surface area (Å²) in [7, 11) is 0. The number of aromatic amines is 1. The Hall–Kier alpha value is -2.18. The molecule has 1 unspecified atom stereocenters. The lowest BCUT2D eigenvalue weighted by Gasteiger charge is -2.24. The Kier molecular flexibility index (Phi) is 3.43. The molecule has 2 aromatic carbocycles. The zero-order valence-corrected chi connectivity index (χ0v) is 13.8. The summed E-state index contributed by atoms with van der Waals surface area (Å²) in [6, 6.07) is 13.0. The first-order valence-electron chi connectivity index (χ1n) is 7.41. The second kappa shape index (κ2) is 5.47. The fraction of sp³-hybridized carbons (Fsp3) is 0.176. The van der Waals surface area contributed by atoms with Crippen LogP contribution in [0.1, 0.15) is 22.9 Å². The van der Waals surface area contributed by atoms with E-state index >= 15 is 0 Å². The van der Waals surface area contributed by atoms with Crippen LogP contribution >= 0.6 is 15.9 Å². The number of halogens is 1. The van der Waals surface area contributed by atoms with E-state index in [1.165, 1.54) is 10.9 Å². The van der Waals surface area contributed by atoms with Gasteiger partial charge in [0.25, 0.3) is 5.69 Å². The molecule has 1 aliphatic heterocycles. The maximum atomic E-state index is 10.8. The highest BCUT2D eigenvalue weighted by Crippen LogP contribution is 2.35. The summed E-state index contributed by atoms with van der Waals surface area (Å²) in [5.41, 5.74) is 4.74. The number of fused-ring (bicyclic) bond motifs is 3. The average molecular weight is 372 g/mol. The van der Waals surface area contributed by atoms with Crippen molar-refractivity contribution in [2.75, 3.05) is 6.54 Å². The largest absolute Gasteiger partial charge is 0.357 e. The highest BCUT2D eigenvalue weighted by Gasteiger charge is 2.25. The number of nitro benzene ring substituents is 1. The van der Waals surface area contributed by atoms with Crippen LogP contribution in [0.2, 0.25) is 0 Å². The molecule has 2 N–H and O–H groups in total. The van der Waals surface area contributed by atoms with E-state index in [1.54, 1.807) is 12.1 Å². The number of rotatable bonds is 2. The minimum Gasteiger partial charge on any atom is -0.357 e. The molecule has 4 rings (SSSR count). The Morgan fingerprint density at radius 1 is 1.17 bits per heavy atom. The minimum absolute atomic E-state index is 0.0331. The summed E-state index contributed by atoms with van der Waals surface area (Å²) in [5.74, 6) is 0. The zero-order valence-electron chi connectivity index (χ0n) is 12.2. The van der Waals surface area contributed by atoms with Crippen molar-refractivity contribution in [3.63, 3.8) is 0 Å². The predicted molar refractivity (Wildman–Crippen MR) is 92.6 cm³/mol. The Balaban J connectivity index is 1.81. The van der Waals surface area contributed by atoms with E-state index < -0.39 is 0 Å². The van der Waals surface area contributed by atoms with Gasteiger partial charge in [0, 0.05) is 39.7 Å². The Morgan fingerprint density at radius 2 is 1.96 bits per heavy atom. The molecular formula is C17H14BrN3O2. The maximum absolute atomic E-state index is 10.8. The summed E-state index contributed by atoms with van der Waals surface area (Å²) in [5, 5.41) is 15.6. The van der Waals surface area contributed by atoms with Gasteiger partial charge in [0.2, 0.25) is 0 Å². The summed E-state index contributed by atoms with van der Waals surface area (Å²) in [6.07, 6.45) is 0.968. The number of non-ortho nitro benzene ring substituents is 1. The molecule has 3 aromatic rings. The zero-order chi connectivity index (χ0) is 16.0. The summed E-state index contributed by atoms with van der Waals surface area (Å²) >= 11 is 3.53. The van der Waals surface area contributed by atoms with Gasteiger partial charge < -0.3 is 10.3 Å². The molecule has 2 heterocycles. The Labute approximate surface area is 141 Å². The topological polar surface area (TPSA) is 71.0 Å². The highest BCUT2D eigenvalue weighted by molar-refractivity contribution is 9.10. The molecule has 1 atom stereocenters. The number of nitro groups is 1. The van der Waals surface area contributed by atoms with E-state index in [0.717, 1.165) is 34.2 Å². The van der Waals surface area contributed by atoms with Gasteiger partial charge in [-0.25, -0.2) is 0 Å². The van der Waals surface area contributed by atoms with E-state index in [2.05, 4.69) is 38.4 Å². The van der Waals surface area contributed by atoms with E-state index in [1.807, 2.05) is 18.2 Å². The minimum atomic E-state index is -0.371. The molecule has 5 nitrogen and oxygen atoms in total. The molecule has 116 valence electrons. The first-order valence-corrected chi connectivity index (χ1v) is 8.20. The molecule has 0 bridgehead atoms. The third-order valence-corrected chi connectivity index (χ3v) is 4.84. The lowest BCUT2D eigenvalue weighted by atomic mass is 9.94. The molecule has 1 aromatic heterocycles. The molecule has 0 fully saturated rings. The molecule has 1 aliphatic rings. The van der Waals surface area contributed by atoms with Crippen molar-refractivity contribution < 1.29 is 4.92 Å². The molecule has 0 aliphatic carbocycles. The van der Waals surface area contributed by atoms with Crippen LogP contribution < -0.4 is 5.32 Å². The van der Waals surface area contributed by atoms with Crippen molar-refractivity contribution in [2.24, 2.45) is 0 Å². The SMILES string of the molecule is O=[N+]([O-])c1ccc(C2NCCc3c2[nH]c2ccc(Br)cc32)cc1. The number of nitrogens with zero attached hydrogens (tertiary/aromatic N) is 1. The number of benzene rings is 2. The smallest absolute Gasteiger partial charge is 0.269 e. The molecule has 0 radical (unpaired) electrons. The normalized spacial score (nSPS) is 17.2. The number of hydrogen-bond donors (Lipinski definition) is 2. The second-order valence-electron chi connectivity index (χ2n) is 5.69. The van der Waals surface area contributed by atoms with Gasteiger partial charge in [-0.15, -0.1) is 0 Å². The number of nitrogens with one attached hydrogen (secondary N) is 2. The molecule has 0 spiro atoms. The Bertz CT molecular complexity index is 902. The third kappa shape index (κ3) is 2.44. The first kappa shape index (κ1) is 14.4. The summed E-state index contributed by atoms with van der Waals surface area (Å²) < 4.78 is 1.07. The van der Waals surface area contributed by atoms with Gasteiger partial charge >= 0.3 is 0 Å². The van der Waals surface area contributed by atoms with Crippen LogP contribution in [-0.2, 0) is 6.42 Å². The quantitative estimate of drug-likeness (QED) is 0.526. The van der Waals surface area contributed by atoms with Crippen molar-refractivity contribution in [3.8, 4) is 0 Å². The van der Waals surface area contributed by atoms with Gasteiger partial charge in [0.15, 0.2) is 0 Å². The van der Waals surface area contributed by atoms with Gasteiger partial charge in [-0.1, -0.05) is 28.1 Å². The van der Waals surface area contributed by atoms with E-state index in [4.69, 9.17) is 0 Å². The number of aromatic nitrogens is 1. The standard InChI is InChI=1S/C17H14BrN3O2/c18-11-3-6-15-14(9-11)13-7-8-19-16(17(13)20-15)10-1-4-12(5-2-10)21(22)23/h1-6,9,16,19-20H,7-8H2. The molecule has 0 amide bonds. The van der Waals surface area contributed by atoms with E-state index in [9.17, 15) is 10.1 Å². The monoisotopic (exact) mass is 371 g/mol. The van der Waals surface area contributed by atoms with Gasteiger partial charge in [-0.3, -0.25) is 10.1 Å². The van der Waals surface area contributed by atoms with Crippen LogP contribution in [0, 0.1) is 10.1 Å². The van der Waals surface area contributed by atoms with Crippen molar-refractivity contribution in [1.82, 2.24) is 10.3 Å². The van der Waals surface area contributed by atoms with Gasteiger partial charge in [0.1, 0.15) is 0 Å². The predicted octanol–water partition coefficient (Wildman–Crippen LogP) is 4.07. The second-order valence-corrected chi connectivity index (χ2v) is 6.61. The third-order valence-electron chi connectivity index (χ3n) is 4.35. The molecule has 0 saturated carbocycles. The molecular weight excluding hydrogens is 358 g/mol. The lowest BCUT2D eigenvalue weighted by Crippen LogP contribution is -2.30. The maximum Gasteiger partial charge on any atom is 0.269 e. The van der Waals surface area contributed by atoms with Crippen molar-refractivity contribution in [3.05, 3.63) is 73.9 Å². The number of H-pyrrole nitrogens is 1. The lowest BCUT2D eigenvalue weighted by molar-refractivity contribution is -0.384. The summed E-state index contributed by atoms with van der Waals surface area (Å²) in [4.78, 5) is 14.0. The fourth-order valence-electron chi connectivity index (χ4n) is 3.27. The fourth-order valence-corrected chi connectivity index (χ4v) is 3.63. The van der Waals surface area contributed by atoms with Crippen molar-refractivity contribution in [1.29, 1.82) is 0 Å². The van der Waals surface area contributed by atoms with E-state index in [-0.39, 0.29) is 16.7 Å². The molecule has 23 heavy (non-hydrogen) atoms. The van der Waals surface area contributed by atoms with Crippen molar-refractivity contribution in [2.45, 2.75) is 12.5 Å². The summed E-state index contributed by atoms with van der Waals surface area (Å²) in [6.45, 7) is 0.883. The Morgan fingerprint density at radius 3 is 2.70 bits per heavy atom. The van der Waals surface area contributed by atoms with Crippen molar-refractivity contribution >= 4 is 32.5 Å². The van der Waals surface area contributed by atoms with Gasteiger partial charge in [-0.05, 0) is 35.7 Å². The molecule has 6 heteroatoms. The van der Waals surface area contributed by atoms with Crippen LogP contribution in [-0.4, -0.2) is 16.5 Å². The van der Waals surface area contributed by atoms with Gasteiger partial charge in [0.05, 0.1) is 11.0 Å². The van der Waals surface area contributed by atoms with Crippen LogP contribution in [0.3, 0.4) is 0 Å². The average Bonchev–Trinajstić information content (AvgIpc) is 2.93. The van der Waals surface area contributed by atoms with E-state index in [0.29, 0.717) is 0 Å². The molecule has 0 saturated heterocycles. The van der Waals surface area contributed by atoms with Crippen LogP contribution in [0.4, 0.5) is 5.69 Å². The van der Waals surface area contributed by atoms with Gasteiger partial charge in [-0.2, -0.15) is 0 Å². The highest BCUT2D eigenvalue weighted by atomic mass is 79.9. The van der Waals surface area contributed by atoms with Crippen LogP contribution in [0.25, 0.3) is 10.9 Å². The van der Waals surface area contributed by atoms with Crippen LogP contribution in [0.15, 0.2) is 46.9 Å². The van der Waals surface area contributed by atoms with Crippen LogP contribution in [0.5, 0.6) is 0 Å².